The fraction of sp³-hybridized carbons (Fsp3) is 0.0833. The minimum Gasteiger partial charge on any atom is -0.624 e. The van der Waals surface area contributed by atoms with Crippen molar-refractivity contribution in [3.05, 3.63) is 65.3 Å². The summed E-state index contributed by atoms with van der Waals surface area (Å²) >= 11 is 0. The lowest BCUT2D eigenvalue weighted by Crippen LogP contribution is -2.04. The van der Waals surface area contributed by atoms with E-state index in [0.717, 1.165) is 15.9 Å². The van der Waals surface area contributed by atoms with Crippen LogP contribution in [0.2, 0.25) is 0 Å². The van der Waals surface area contributed by atoms with Crippen LogP contribution in [0.4, 0.5) is 0 Å². The average molecular weight is 201 g/mol. The molecule has 0 N–H and O–H groups in total. The topological polar surface area (TPSA) is 39.2 Å². The summed E-state index contributed by atoms with van der Waals surface area (Å²) in [4.78, 5) is 0. The lowest BCUT2D eigenvalue weighted by Gasteiger charge is -2.02. The molecule has 0 bridgehead atoms. The zero-order valence-electron chi connectivity index (χ0n) is 8.17. The quantitative estimate of drug-likeness (QED) is 0.331. The maximum absolute atomic E-state index is 11.5. The van der Waals surface area contributed by atoms with Gasteiger partial charge in [-0.05, 0) is 6.07 Å². The Hall–Kier alpha value is -2.03. The molecule has 0 unspecified atom stereocenters. The number of hydrogen-bond acceptors (Lipinski definition) is 2. The van der Waals surface area contributed by atoms with Crippen molar-refractivity contribution in [1.82, 2.24) is 0 Å². The summed E-state index contributed by atoms with van der Waals surface area (Å²) in [6.07, 6.45) is 4.59. The standard InChI is InChI=1S/C12H11NO2/c14-13(9-12-6-7-15-10-12)8-11-4-2-1-3-5-11/h1-7,9-10H,8H2/b13-9-. The number of hydroxylamine groups is 1. The minimum absolute atomic E-state index is 0.353. The van der Waals surface area contributed by atoms with E-state index >= 15 is 0 Å². The van der Waals surface area contributed by atoms with Gasteiger partial charge in [-0.1, -0.05) is 30.3 Å². The van der Waals surface area contributed by atoms with E-state index in [1.165, 1.54) is 12.5 Å². The Morgan fingerprint density at radius 2 is 2.00 bits per heavy atom. The van der Waals surface area contributed by atoms with Crippen LogP contribution in [-0.4, -0.2) is 11.0 Å². The molecule has 0 saturated carbocycles. The molecule has 0 aliphatic carbocycles. The summed E-state index contributed by atoms with van der Waals surface area (Å²) < 4.78 is 5.76. The number of benzene rings is 1. The maximum Gasteiger partial charge on any atom is 0.185 e. The zero-order valence-corrected chi connectivity index (χ0v) is 8.17. The van der Waals surface area contributed by atoms with Crippen molar-refractivity contribution < 1.29 is 9.16 Å². The van der Waals surface area contributed by atoms with Crippen LogP contribution in [0.1, 0.15) is 11.1 Å². The van der Waals surface area contributed by atoms with Gasteiger partial charge in [0.2, 0.25) is 0 Å². The van der Waals surface area contributed by atoms with Gasteiger partial charge in [-0.3, -0.25) is 0 Å². The molecule has 3 heteroatoms. The predicted molar refractivity (Wildman–Crippen MR) is 57.6 cm³/mol. The van der Waals surface area contributed by atoms with E-state index in [-0.39, 0.29) is 0 Å². The number of hydrogen-bond donors (Lipinski definition) is 0. The third-order valence-corrected chi connectivity index (χ3v) is 2.02. The van der Waals surface area contributed by atoms with Crippen molar-refractivity contribution >= 4 is 6.21 Å². The first-order valence-corrected chi connectivity index (χ1v) is 4.69. The van der Waals surface area contributed by atoms with E-state index in [9.17, 15) is 5.21 Å². The van der Waals surface area contributed by atoms with Gasteiger partial charge in [-0.25, -0.2) is 4.74 Å². The first-order valence-electron chi connectivity index (χ1n) is 4.69. The van der Waals surface area contributed by atoms with E-state index < -0.39 is 0 Å². The van der Waals surface area contributed by atoms with Crippen LogP contribution in [0.5, 0.6) is 0 Å². The third-order valence-electron chi connectivity index (χ3n) is 2.02. The highest BCUT2D eigenvalue weighted by atomic mass is 16.5. The van der Waals surface area contributed by atoms with Gasteiger partial charge in [0.05, 0.1) is 11.8 Å². The Morgan fingerprint density at radius 1 is 1.20 bits per heavy atom. The second kappa shape index (κ2) is 4.46. The maximum atomic E-state index is 11.5. The van der Waals surface area contributed by atoms with Crippen LogP contribution in [0.25, 0.3) is 0 Å². The molecule has 3 nitrogen and oxygen atoms in total. The summed E-state index contributed by atoms with van der Waals surface area (Å²) in [5.74, 6) is 0. The molecule has 76 valence electrons. The Morgan fingerprint density at radius 3 is 2.67 bits per heavy atom. The van der Waals surface area contributed by atoms with Crippen molar-refractivity contribution in [1.29, 1.82) is 0 Å². The number of furan rings is 1. The Bertz CT molecular complexity index is 432. The van der Waals surface area contributed by atoms with Crippen LogP contribution in [0.3, 0.4) is 0 Å². The molecule has 2 aromatic rings. The Labute approximate surface area is 87.9 Å². The van der Waals surface area contributed by atoms with Crippen LogP contribution in [0.15, 0.2) is 53.3 Å². The summed E-state index contributed by atoms with van der Waals surface area (Å²) in [5, 5.41) is 11.5. The van der Waals surface area contributed by atoms with E-state index in [1.807, 2.05) is 30.3 Å². The van der Waals surface area contributed by atoms with Crippen molar-refractivity contribution in [2.45, 2.75) is 6.54 Å². The van der Waals surface area contributed by atoms with E-state index in [2.05, 4.69) is 0 Å². The molecule has 0 aliphatic heterocycles. The Balaban J connectivity index is 2.07. The number of rotatable bonds is 3. The first-order chi connectivity index (χ1) is 7.34. The molecule has 1 heterocycles. The summed E-state index contributed by atoms with van der Waals surface area (Å²) in [6, 6.07) is 11.4. The minimum atomic E-state index is 0.353. The molecule has 1 aromatic heterocycles. The smallest absolute Gasteiger partial charge is 0.185 e. The van der Waals surface area contributed by atoms with Gasteiger partial charge in [0.1, 0.15) is 6.26 Å². The second-order valence-electron chi connectivity index (χ2n) is 3.25. The molecular weight excluding hydrogens is 190 g/mol. The lowest BCUT2D eigenvalue weighted by molar-refractivity contribution is -0.469. The summed E-state index contributed by atoms with van der Waals surface area (Å²) in [5.41, 5.74) is 1.77. The molecule has 0 fully saturated rings. The van der Waals surface area contributed by atoms with Gasteiger partial charge in [0, 0.05) is 5.56 Å². The molecule has 0 spiro atoms. The largest absolute Gasteiger partial charge is 0.624 e. The molecule has 0 radical (unpaired) electrons. The fourth-order valence-electron chi connectivity index (χ4n) is 1.32. The van der Waals surface area contributed by atoms with Crippen molar-refractivity contribution in [2.75, 3.05) is 0 Å². The second-order valence-corrected chi connectivity index (χ2v) is 3.25. The van der Waals surface area contributed by atoms with Crippen LogP contribution >= 0.6 is 0 Å². The van der Waals surface area contributed by atoms with Crippen molar-refractivity contribution in [2.24, 2.45) is 0 Å². The summed E-state index contributed by atoms with van der Waals surface area (Å²) in [7, 11) is 0. The SMILES string of the molecule is [O-]/[N+](=C\c1ccoc1)Cc1ccccc1. The first kappa shape index (κ1) is 9.52. The van der Waals surface area contributed by atoms with Crippen molar-refractivity contribution in [3.63, 3.8) is 0 Å². The predicted octanol–water partition coefficient (Wildman–Crippen LogP) is 2.41. The van der Waals surface area contributed by atoms with E-state index in [0.29, 0.717) is 6.54 Å². The highest BCUT2D eigenvalue weighted by Crippen LogP contribution is 2.01. The molecule has 0 aliphatic rings. The van der Waals surface area contributed by atoms with Crippen LogP contribution < -0.4 is 0 Å². The van der Waals surface area contributed by atoms with E-state index in [4.69, 9.17) is 4.42 Å². The fourth-order valence-corrected chi connectivity index (χ4v) is 1.32. The zero-order chi connectivity index (χ0) is 10.5. The number of nitrogens with zero attached hydrogens (tertiary/aromatic N) is 1. The Kier molecular flexibility index (Phi) is 2.83. The third kappa shape index (κ3) is 2.71. The monoisotopic (exact) mass is 201 g/mol. The molecule has 1 aromatic carbocycles. The van der Waals surface area contributed by atoms with Gasteiger partial charge in [0.25, 0.3) is 0 Å². The van der Waals surface area contributed by atoms with Gasteiger partial charge in [-0.2, -0.15) is 0 Å². The van der Waals surface area contributed by atoms with E-state index in [1.54, 1.807) is 12.3 Å². The van der Waals surface area contributed by atoms with Crippen molar-refractivity contribution in [3.8, 4) is 0 Å². The van der Waals surface area contributed by atoms with Gasteiger partial charge < -0.3 is 9.62 Å². The van der Waals surface area contributed by atoms with Gasteiger partial charge >= 0.3 is 0 Å². The molecule has 0 amide bonds. The van der Waals surface area contributed by atoms with Crippen LogP contribution in [-0.2, 0) is 6.54 Å². The van der Waals surface area contributed by atoms with Gasteiger partial charge in [0.15, 0.2) is 12.8 Å². The van der Waals surface area contributed by atoms with Crippen LogP contribution in [0, 0.1) is 5.21 Å². The van der Waals surface area contributed by atoms with Gasteiger partial charge in [-0.15, -0.1) is 0 Å². The molecule has 0 saturated heterocycles. The average Bonchev–Trinajstić information content (AvgIpc) is 2.71. The lowest BCUT2D eigenvalue weighted by atomic mass is 10.2. The highest BCUT2D eigenvalue weighted by Gasteiger charge is 1.98. The molecule has 15 heavy (non-hydrogen) atoms. The summed E-state index contributed by atoms with van der Waals surface area (Å²) in [6.45, 7) is 0.353. The normalized spacial score (nSPS) is 11.6. The highest BCUT2D eigenvalue weighted by molar-refractivity contribution is 5.74. The molecule has 0 atom stereocenters. The molecule has 2 rings (SSSR count). The molecular formula is C12H11NO2.